The van der Waals surface area contributed by atoms with Gasteiger partial charge in [-0.2, -0.15) is 0 Å². The van der Waals surface area contributed by atoms with E-state index in [1.807, 2.05) is 0 Å². The average molecular weight is 377 g/mol. The van der Waals surface area contributed by atoms with Gasteiger partial charge in [-0.15, -0.1) is 10.2 Å². The summed E-state index contributed by atoms with van der Waals surface area (Å²) in [5.74, 6) is -0.236. The van der Waals surface area contributed by atoms with Gasteiger partial charge in [0.05, 0.1) is 0 Å². The molecule has 1 heterocycles. The van der Waals surface area contributed by atoms with Crippen LogP contribution in [0, 0.1) is 11.6 Å². The van der Waals surface area contributed by atoms with E-state index < -0.39 is 5.82 Å². The van der Waals surface area contributed by atoms with Crippen LogP contribution in [-0.2, 0) is 6.42 Å². The van der Waals surface area contributed by atoms with Crippen molar-refractivity contribution in [1.29, 1.82) is 0 Å². The van der Waals surface area contributed by atoms with Crippen LogP contribution in [0.3, 0.4) is 0 Å². The minimum Gasteiger partial charge on any atom is -0.296 e. The fraction of sp³-hybridized carbons (Fsp3) is 0.118. The molecule has 0 bridgehead atoms. The molecule has 128 valence electrons. The zero-order valence-electron chi connectivity index (χ0n) is 12.9. The minimum absolute atomic E-state index is 0.248. The number of nitrogens with one attached hydrogen (secondary N) is 1. The number of halogens is 2. The Morgan fingerprint density at radius 3 is 2.32 bits per heavy atom. The molecule has 0 fully saturated rings. The van der Waals surface area contributed by atoms with Gasteiger partial charge in [0, 0.05) is 11.3 Å². The average Bonchev–Trinajstić information content (AvgIpc) is 3.04. The number of carbonyl (C=O) groups excluding carboxylic acids is 1. The van der Waals surface area contributed by atoms with Crippen LogP contribution in [0.5, 0.6) is 0 Å². The highest BCUT2D eigenvalue weighted by molar-refractivity contribution is 8.01. The zero-order chi connectivity index (χ0) is 17.6. The van der Waals surface area contributed by atoms with Gasteiger partial charge in [-0.05, 0) is 48.4 Å². The molecule has 0 aliphatic rings. The normalized spacial score (nSPS) is 10.6. The fourth-order valence-corrected chi connectivity index (χ4v) is 3.80. The summed E-state index contributed by atoms with van der Waals surface area (Å²) in [4.78, 5) is 12.0. The van der Waals surface area contributed by atoms with Crippen molar-refractivity contribution < 1.29 is 13.6 Å². The molecule has 0 aliphatic carbocycles. The molecule has 25 heavy (non-hydrogen) atoms. The molecule has 1 aromatic heterocycles. The molecule has 1 N–H and O–H groups in total. The SMILES string of the molecule is O=C(Nc1nnc(SCCc2ccc(F)cc2)s1)c1ccc(F)cc1. The number of hydrogen-bond acceptors (Lipinski definition) is 5. The quantitative estimate of drug-likeness (QED) is 0.511. The molecule has 0 saturated carbocycles. The van der Waals surface area contributed by atoms with Crippen molar-refractivity contribution in [2.75, 3.05) is 11.1 Å². The van der Waals surface area contributed by atoms with Gasteiger partial charge < -0.3 is 0 Å². The molecule has 0 spiro atoms. The highest BCUT2D eigenvalue weighted by atomic mass is 32.2. The molecular weight excluding hydrogens is 364 g/mol. The maximum absolute atomic E-state index is 12.9. The third-order valence-corrected chi connectivity index (χ3v) is 5.24. The summed E-state index contributed by atoms with van der Waals surface area (Å²) in [5, 5.41) is 11.0. The van der Waals surface area contributed by atoms with E-state index in [0.717, 1.165) is 22.1 Å². The number of rotatable bonds is 6. The first-order valence-corrected chi connectivity index (χ1v) is 9.18. The molecule has 2 aromatic carbocycles. The highest BCUT2D eigenvalue weighted by Gasteiger charge is 2.10. The number of carbonyl (C=O) groups is 1. The molecule has 3 aromatic rings. The van der Waals surface area contributed by atoms with Crippen LogP contribution >= 0.6 is 23.1 Å². The number of thioether (sulfide) groups is 1. The van der Waals surface area contributed by atoms with Crippen molar-refractivity contribution in [1.82, 2.24) is 10.2 Å². The molecule has 3 rings (SSSR count). The lowest BCUT2D eigenvalue weighted by molar-refractivity contribution is 0.102. The summed E-state index contributed by atoms with van der Waals surface area (Å²) in [6, 6.07) is 11.7. The van der Waals surface area contributed by atoms with Crippen molar-refractivity contribution in [3.8, 4) is 0 Å². The summed E-state index contributed by atoms with van der Waals surface area (Å²) in [6.07, 6.45) is 0.780. The van der Waals surface area contributed by atoms with Crippen LogP contribution in [0.25, 0.3) is 0 Å². The monoisotopic (exact) mass is 377 g/mol. The molecule has 0 saturated heterocycles. The maximum Gasteiger partial charge on any atom is 0.257 e. The first-order valence-electron chi connectivity index (χ1n) is 7.38. The smallest absolute Gasteiger partial charge is 0.257 e. The molecule has 4 nitrogen and oxygen atoms in total. The number of nitrogens with zero attached hydrogens (tertiary/aromatic N) is 2. The van der Waals surface area contributed by atoms with Crippen molar-refractivity contribution in [3.63, 3.8) is 0 Å². The Labute approximate surface area is 151 Å². The lowest BCUT2D eigenvalue weighted by atomic mass is 10.2. The predicted molar refractivity (Wildman–Crippen MR) is 95.1 cm³/mol. The Kier molecular flexibility index (Phi) is 5.72. The second-order valence-corrected chi connectivity index (χ2v) is 7.38. The van der Waals surface area contributed by atoms with Gasteiger partial charge in [-0.1, -0.05) is 35.2 Å². The van der Waals surface area contributed by atoms with Crippen LogP contribution in [0.1, 0.15) is 15.9 Å². The molecule has 8 heteroatoms. The van der Waals surface area contributed by atoms with Gasteiger partial charge in [0.1, 0.15) is 11.6 Å². The molecule has 0 radical (unpaired) electrons. The number of aryl methyl sites for hydroxylation is 1. The number of amides is 1. The Morgan fingerprint density at radius 2 is 1.64 bits per heavy atom. The number of aromatic nitrogens is 2. The first-order chi connectivity index (χ1) is 12.1. The van der Waals surface area contributed by atoms with Gasteiger partial charge in [0.25, 0.3) is 5.91 Å². The van der Waals surface area contributed by atoms with E-state index in [4.69, 9.17) is 0 Å². The number of anilines is 1. The third-order valence-electron chi connectivity index (χ3n) is 3.26. The summed E-state index contributed by atoms with van der Waals surface area (Å²) >= 11 is 2.79. The third kappa shape index (κ3) is 5.07. The second kappa shape index (κ2) is 8.17. The van der Waals surface area contributed by atoms with E-state index in [9.17, 15) is 13.6 Å². The molecule has 0 atom stereocenters. The van der Waals surface area contributed by atoms with Gasteiger partial charge in [-0.3, -0.25) is 10.1 Å². The minimum atomic E-state index is -0.396. The largest absolute Gasteiger partial charge is 0.296 e. The Balaban J connectivity index is 1.51. The maximum atomic E-state index is 12.9. The summed E-state index contributed by atoms with van der Waals surface area (Å²) in [7, 11) is 0. The van der Waals surface area contributed by atoms with Gasteiger partial charge in [0.15, 0.2) is 4.34 Å². The summed E-state index contributed by atoms with van der Waals surface area (Å²) in [6.45, 7) is 0. The van der Waals surface area contributed by atoms with E-state index in [2.05, 4.69) is 15.5 Å². The Bertz CT molecular complexity index is 851. The number of benzene rings is 2. The van der Waals surface area contributed by atoms with E-state index in [1.165, 1.54) is 59.5 Å². The van der Waals surface area contributed by atoms with Gasteiger partial charge >= 0.3 is 0 Å². The van der Waals surface area contributed by atoms with Crippen molar-refractivity contribution in [2.45, 2.75) is 10.8 Å². The first kappa shape index (κ1) is 17.5. The van der Waals surface area contributed by atoms with E-state index in [-0.39, 0.29) is 11.7 Å². The zero-order valence-corrected chi connectivity index (χ0v) is 14.5. The van der Waals surface area contributed by atoms with E-state index in [0.29, 0.717) is 10.7 Å². The van der Waals surface area contributed by atoms with Crippen molar-refractivity contribution >= 4 is 34.1 Å². The Hall–Kier alpha value is -2.32. The standard InChI is InChI=1S/C17H13F2N3OS2/c18-13-5-1-11(2-6-13)9-10-24-17-22-21-16(25-17)20-15(23)12-3-7-14(19)8-4-12/h1-8H,9-10H2,(H,20,21,23). The second-order valence-electron chi connectivity index (χ2n) is 5.06. The molecule has 0 aliphatic heterocycles. The van der Waals surface area contributed by atoms with Crippen LogP contribution in [-0.4, -0.2) is 21.9 Å². The van der Waals surface area contributed by atoms with E-state index >= 15 is 0 Å². The Morgan fingerprint density at radius 1 is 1.00 bits per heavy atom. The van der Waals surface area contributed by atoms with Crippen molar-refractivity contribution in [3.05, 3.63) is 71.3 Å². The number of hydrogen-bond donors (Lipinski definition) is 1. The van der Waals surface area contributed by atoms with Gasteiger partial charge in [-0.25, -0.2) is 8.78 Å². The topological polar surface area (TPSA) is 54.9 Å². The van der Waals surface area contributed by atoms with Crippen molar-refractivity contribution in [2.24, 2.45) is 0 Å². The van der Waals surface area contributed by atoms with Gasteiger partial charge in [0.2, 0.25) is 5.13 Å². The van der Waals surface area contributed by atoms with Crippen LogP contribution < -0.4 is 5.32 Å². The van der Waals surface area contributed by atoms with E-state index in [1.54, 1.807) is 12.1 Å². The summed E-state index contributed by atoms with van der Waals surface area (Å²) < 4.78 is 26.4. The lowest BCUT2D eigenvalue weighted by Gasteiger charge is -2.00. The molecule has 0 unspecified atom stereocenters. The van der Waals surface area contributed by atoms with Crippen LogP contribution in [0.15, 0.2) is 52.9 Å². The van der Waals surface area contributed by atoms with Crippen LogP contribution in [0.4, 0.5) is 13.9 Å². The molecular formula is C17H13F2N3OS2. The molecule has 1 amide bonds. The van der Waals surface area contributed by atoms with Crippen LogP contribution in [0.2, 0.25) is 0 Å². The lowest BCUT2D eigenvalue weighted by Crippen LogP contribution is -2.11. The highest BCUT2D eigenvalue weighted by Crippen LogP contribution is 2.26. The predicted octanol–water partition coefficient (Wildman–Crippen LogP) is 4.40. The fourth-order valence-electron chi connectivity index (χ4n) is 2.00. The summed E-state index contributed by atoms with van der Waals surface area (Å²) in [5.41, 5.74) is 1.39.